The molecule has 3 heteroatoms. The van der Waals surface area contributed by atoms with E-state index in [2.05, 4.69) is 39.8 Å². The summed E-state index contributed by atoms with van der Waals surface area (Å²) in [5.74, 6) is 0.816. The Bertz CT molecular complexity index is 479. The van der Waals surface area contributed by atoms with Crippen molar-refractivity contribution >= 4 is 0 Å². The Kier molecular flexibility index (Phi) is 4.60. The number of nitrogens with zero attached hydrogens (tertiary/aromatic N) is 1. The standard InChI is InChI=1S/C16H24N2O/c1-6-12-7-8-14(13(9-12)15(2,3)4)19-11-16(5,18)10-17/h7-9H,6,11,18H2,1-5H3. The van der Waals surface area contributed by atoms with Gasteiger partial charge in [-0.1, -0.05) is 39.8 Å². The zero-order valence-electron chi connectivity index (χ0n) is 12.6. The van der Waals surface area contributed by atoms with Gasteiger partial charge in [-0.3, -0.25) is 0 Å². The van der Waals surface area contributed by atoms with Crippen LogP contribution in [0.1, 0.15) is 45.7 Å². The first-order chi connectivity index (χ1) is 8.69. The van der Waals surface area contributed by atoms with Crippen molar-refractivity contribution in [1.82, 2.24) is 0 Å². The van der Waals surface area contributed by atoms with Crippen LogP contribution >= 0.6 is 0 Å². The highest BCUT2D eigenvalue weighted by Crippen LogP contribution is 2.32. The highest BCUT2D eigenvalue weighted by Gasteiger charge is 2.23. The molecule has 0 heterocycles. The molecule has 0 saturated heterocycles. The van der Waals surface area contributed by atoms with Gasteiger partial charge in [0.25, 0.3) is 0 Å². The van der Waals surface area contributed by atoms with Gasteiger partial charge in [-0.2, -0.15) is 5.26 Å². The number of hydrogen-bond acceptors (Lipinski definition) is 3. The molecular formula is C16H24N2O. The Balaban J connectivity index is 3.04. The molecule has 1 aromatic rings. The average molecular weight is 260 g/mol. The minimum Gasteiger partial charge on any atom is -0.490 e. The summed E-state index contributed by atoms with van der Waals surface area (Å²) in [5.41, 5.74) is 7.27. The van der Waals surface area contributed by atoms with Crippen LogP contribution in [-0.2, 0) is 11.8 Å². The Morgan fingerprint density at radius 1 is 1.26 bits per heavy atom. The highest BCUT2D eigenvalue weighted by molar-refractivity contribution is 5.41. The number of aryl methyl sites for hydroxylation is 1. The Morgan fingerprint density at radius 3 is 2.37 bits per heavy atom. The maximum atomic E-state index is 8.93. The molecule has 0 bridgehead atoms. The molecule has 1 rings (SSSR count). The summed E-state index contributed by atoms with van der Waals surface area (Å²) in [4.78, 5) is 0. The number of rotatable bonds is 4. The van der Waals surface area contributed by atoms with Crippen molar-refractivity contribution in [2.24, 2.45) is 5.73 Å². The van der Waals surface area contributed by atoms with E-state index in [1.807, 2.05) is 12.1 Å². The number of benzene rings is 1. The summed E-state index contributed by atoms with van der Waals surface area (Å²) >= 11 is 0. The molecule has 1 atom stereocenters. The highest BCUT2D eigenvalue weighted by atomic mass is 16.5. The van der Waals surface area contributed by atoms with Gasteiger partial charge < -0.3 is 10.5 Å². The summed E-state index contributed by atoms with van der Waals surface area (Å²) in [5, 5.41) is 8.93. The molecule has 0 spiro atoms. The lowest BCUT2D eigenvalue weighted by molar-refractivity contribution is 0.259. The zero-order chi connectivity index (χ0) is 14.7. The lowest BCUT2D eigenvalue weighted by Gasteiger charge is -2.25. The fraction of sp³-hybridized carbons (Fsp3) is 0.562. The first kappa shape index (κ1) is 15.5. The van der Waals surface area contributed by atoms with Crippen molar-refractivity contribution in [3.63, 3.8) is 0 Å². The minimum atomic E-state index is -0.960. The molecule has 3 nitrogen and oxygen atoms in total. The van der Waals surface area contributed by atoms with Crippen LogP contribution in [0.3, 0.4) is 0 Å². The molecule has 0 aliphatic rings. The largest absolute Gasteiger partial charge is 0.490 e. The van der Waals surface area contributed by atoms with Crippen molar-refractivity contribution in [2.75, 3.05) is 6.61 Å². The van der Waals surface area contributed by atoms with Crippen LogP contribution in [0, 0.1) is 11.3 Å². The minimum absolute atomic E-state index is 0.00183. The SMILES string of the molecule is CCc1ccc(OCC(C)(N)C#N)c(C(C)(C)C)c1. The normalized spacial score (nSPS) is 14.6. The van der Waals surface area contributed by atoms with Crippen molar-refractivity contribution in [3.8, 4) is 11.8 Å². The molecule has 0 aliphatic heterocycles. The van der Waals surface area contributed by atoms with Gasteiger partial charge in [0.2, 0.25) is 0 Å². The summed E-state index contributed by atoms with van der Waals surface area (Å²) in [7, 11) is 0. The van der Waals surface area contributed by atoms with Gasteiger partial charge in [-0.25, -0.2) is 0 Å². The molecule has 0 aliphatic carbocycles. The van der Waals surface area contributed by atoms with Gasteiger partial charge >= 0.3 is 0 Å². The monoisotopic (exact) mass is 260 g/mol. The Hall–Kier alpha value is -1.53. The van der Waals surface area contributed by atoms with Gasteiger partial charge in [0, 0.05) is 0 Å². The maximum Gasteiger partial charge on any atom is 0.135 e. The molecule has 0 amide bonds. The van der Waals surface area contributed by atoms with Crippen LogP contribution in [-0.4, -0.2) is 12.1 Å². The molecule has 0 radical (unpaired) electrons. The van der Waals surface area contributed by atoms with Crippen LogP contribution < -0.4 is 10.5 Å². The van der Waals surface area contributed by atoms with Gasteiger partial charge in [0.05, 0.1) is 6.07 Å². The van der Waals surface area contributed by atoms with Crippen LogP contribution in [0.15, 0.2) is 18.2 Å². The zero-order valence-corrected chi connectivity index (χ0v) is 12.6. The molecular weight excluding hydrogens is 236 g/mol. The number of nitrogens with two attached hydrogens (primary N) is 1. The molecule has 0 aromatic heterocycles. The van der Waals surface area contributed by atoms with Crippen molar-refractivity contribution in [1.29, 1.82) is 5.26 Å². The van der Waals surface area contributed by atoms with Crippen molar-refractivity contribution < 1.29 is 4.74 Å². The van der Waals surface area contributed by atoms with E-state index in [9.17, 15) is 0 Å². The third-order valence-corrected chi connectivity index (χ3v) is 3.04. The molecule has 104 valence electrons. The second-order valence-electron chi connectivity index (χ2n) is 6.25. The van der Waals surface area contributed by atoms with E-state index in [1.165, 1.54) is 5.56 Å². The number of nitriles is 1. The number of ether oxygens (including phenoxy) is 1. The van der Waals surface area contributed by atoms with E-state index in [1.54, 1.807) is 6.92 Å². The van der Waals surface area contributed by atoms with Crippen LogP contribution in [0.5, 0.6) is 5.75 Å². The lowest BCUT2D eigenvalue weighted by Crippen LogP contribution is -2.40. The smallest absolute Gasteiger partial charge is 0.135 e. The van der Waals surface area contributed by atoms with Gasteiger partial charge in [-0.15, -0.1) is 0 Å². The predicted octanol–water partition coefficient (Wildman–Crippen LogP) is 3.17. The second-order valence-corrected chi connectivity index (χ2v) is 6.25. The molecule has 2 N–H and O–H groups in total. The average Bonchev–Trinajstić information content (AvgIpc) is 2.35. The van der Waals surface area contributed by atoms with E-state index < -0.39 is 5.54 Å². The fourth-order valence-corrected chi connectivity index (χ4v) is 1.77. The van der Waals surface area contributed by atoms with E-state index in [0.717, 1.165) is 17.7 Å². The third kappa shape index (κ3) is 4.25. The summed E-state index contributed by atoms with van der Waals surface area (Å²) < 4.78 is 5.77. The maximum absolute atomic E-state index is 8.93. The first-order valence-corrected chi connectivity index (χ1v) is 6.66. The third-order valence-electron chi connectivity index (χ3n) is 3.04. The summed E-state index contributed by atoms with van der Waals surface area (Å²) in [6, 6.07) is 8.26. The number of hydrogen-bond donors (Lipinski definition) is 1. The lowest BCUT2D eigenvalue weighted by atomic mass is 9.85. The van der Waals surface area contributed by atoms with E-state index in [-0.39, 0.29) is 12.0 Å². The van der Waals surface area contributed by atoms with Crippen LogP contribution in [0.2, 0.25) is 0 Å². The molecule has 1 aromatic carbocycles. The summed E-state index contributed by atoms with van der Waals surface area (Å²) in [6.45, 7) is 10.5. The van der Waals surface area contributed by atoms with E-state index in [4.69, 9.17) is 15.7 Å². The molecule has 0 saturated carbocycles. The van der Waals surface area contributed by atoms with E-state index in [0.29, 0.717) is 0 Å². The van der Waals surface area contributed by atoms with E-state index >= 15 is 0 Å². The quantitative estimate of drug-likeness (QED) is 0.904. The van der Waals surface area contributed by atoms with Crippen molar-refractivity contribution in [3.05, 3.63) is 29.3 Å². The van der Waals surface area contributed by atoms with Gasteiger partial charge in [-0.05, 0) is 36.0 Å². The Morgan fingerprint density at radius 2 is 1.89 bits per heavy atom. The second kappa shape index (κ2) is 5.63. The first-order valence-electron chi connectivity index (χ1n) is 6.66. The van der Waals surface area contributed by atoms with Crippen LogP contribution in [0.25, 0.3) is 0 Å². The predicted molar refractivity (Wildman–Crippen MR) is 78.2 cm³/mol. The summed E-state index contributed by atoms with van der Waals surface area (Å²) in [6.07, 6.45) is 0.996. The van der Waals surface area contributed by atoms with Crippen LogP contribution in [0.4, 0.5) is 0 Å². The van der Waals surface area contributed by atoms with Gasteiger partial charge in [0.1, 0.15) is 17.9 Å². The molecule has 1 unspecified atom stereocenters. The van der Waals surface area contributed by atoms with Crippen molar-refractivity contribution in [2.45, 2.75) is 52.0 Å². The Labute approximate surface area is 116 Å². The van der Waals surface area contributed by atoms with Gasteiger partial charge in [0.15, 0.2) is 0 Å². The molecule has 0 fully saturated rings. The topological polar surface area (TPSA) is 59.0 Å². The fourth-order valence-electron chi connectivity index (χ4n) is 1.77. The molecule has 19 heavy (non-hydrogen) atoms.